The van der Waals surface area contributed by atoms with Crippen molar-refractivity contribution in [1.29, 1.82) is 0 Å². The molecule has 0 saturated carbocycles. The van der Waals surface area contributed by atoms with Crippen molar-refractivity contribution >= 4 is 10.9 Å². The lowest BCUT2D eigenvalue weighted by Crippen LogP contribution is -2.28. The SMILES string of the molecule is c1cnc2c(CNC3CCCOCC3)cccc2c1. The van der Waals surface area contributed by atoms with Crippen LogP contribution in [0.3, 0.4) is 0 Å². The van der Waals surface area contributed by atoms with Crippen LogP contribution in [-0.4, -0.2) is 24.2 Å². The van der Waals surface area contributed by atoms with E-state index in [1.54, 1.807) is 0 Å². The number of pyridine rings is 1. The predicted octanol–water partition coefficient (Wildman–Crippen LogP) is 2.89. The average molecular weight is 256 g/mol. The fourth-order valence-electron chi connectivity index (χ4n) is 2.67. The van der Waals surface area contributed by atoms with Crippen molar-refractivity contribution < 1.29 is 4.74 Å². The summed E-state index contributed by atoms with van der Waals surface area (Å²) in [6, 6.07) is 11.1. The molecule has 2 aromatic rings. The minimum absolute atomic E-state index is 0.571. The van der Waals surface area contributed by atoms with Gasteiger partial charge in [-0.2, -0.15) is 0 Å². The van der Waals surface area contributed by atoms with Crippen LogP contribution in [0.5, 0.6) is 0 Å². The third-order valence-electron chi connectivity index (χ3n) is 3.75. The molecule has 2 heterocycles. The summed E-state index contributed by atoms with van der Waals surface area (Å²) in [6.45, 7) is 2.68. The minimum atomic E-state index is 0.571. The van der Waals surface area contributed by atoms with E-state index in [2.05, 4.69) is 34.6 Å². The average Bonchev–Trinajstić information content (AvgIpc) is 2.74. The summed E-state index contributed by atoms with van der Waals surface area (Å²) in [5.41, 5.74) is 2.39. The van der Waals surface area contributed by atoms with Crippen molar-refractivity contribution in [3.63, 3.8) is 0 Å². The Morgan fingerprint density at radius 2 is 2.11 bits per heavy atom. The lowest BCUT2D eigenvalue weighted by Gasteiger charge is -2.16. The standard InChI is InChI=1S/C16H20N2O/c1-4-13-6-2-9-17-16(13)14(5-1)12-18-15-7-3-10-19-11-8-15/h1-2,4-6,9,15,18H,3,7-8,10-12H2. The van der Waals surface area contributed by atoms with Gasteiger partial charge in [0.05, 0.1) is 5.52 Å². The molecule has 0 radical (unpaired) electrons. The second kappa shape index (κ2) is 6.13. The normalized spacial score (nSPS) is 20.3. The first-order valence-electron chi connectivity index (χ1n) is 7.07. The quantitative estimate of drug-likeness (QED) is 0.917. The van der Waals surface area contributed by atoms with Crippen molar-refractivity contribution in [2.24, 2.45) is 0 Å². The van der Waals surface area contributed by atoms with E-state index in [9.17, 15) is 0 Å². The second-order valence-electron chi connectivity index (χ2n) is 5.11. The summed E-state index contributed by atoms with van der Waals surface area (Å²) in [6.07, 6.45) is 5.34. The number of benzene rings is 1. The highest BCUT2D eigenvalue weighted by molar-refractivity contribution is 5.81. The monoisotopic (exact) mass is 256 g/mol. The van der Waals surface area contributed by atoms with Gasteiger partial charge in [0.25, 0.3) is 0 Å². The summed E-state index contributed by atoms with van der Waals surface area (Å²) in [7, 11) is 0. The Hall–Kier alpha value is -1.45. The highest BCUT2D eigenvalue weighted by Gasteiger charge is 2.12. The van der Waals surface area contributed by atoms with Crippen LogP contribution < -0.4 is 5.32 Å². The number of hydrogen-bond acceptors (Lipinski definition) is 3. The van der Waals surface area contributed by atoms with E-state index in [0.29, 0.717) is 6.04 Å². The largest absolute Gasteiger partial charge is 0.381 e. The molecule has 3 rings (SSSR count). The molecule has 1 aliphatic rings. The highest BCUT2D eigenvalue weighted by atomic mass is 16.5. The molecule has 3 heteroatoms. The van der Waals surface area contributed by atoms with E-state index in [-0.39, 0.29) is 0 Å². The number of ether oxygens (including phenoxy) is 1. The van der Waals surface area contributed by atoms with Crippen molar-refractivity contribution in [1.82, 2.24) is 10.3 Å². The number of hydrogen-bond donors (Lipinski definition) is 1. The molecule has 1 aromatic heterocycles. The molecule has 0 spiro atoms. The van der Waals surface area contributed by atoms with Gasteiger partial charge < -0.3 is 10.1 Å². The van der Waals surface area contributed by atoms with Gasteiger partial charge in [-0.05, 0) is 30.9 Å². The smallest absolute Gasteiger partial charge is 0.0746 e. The maximum absolute atomic E-state index is 5.49. The van der Waals surface area contributed by atoms with E-state index in [0.717, 1.165) is 38.1 Å². The van der Waals surface area contributed by atoms with Crippen molar-refractivity contribution in [3.05, 3.63) is 42.1 Å². The van der Waals surface area contributed by atoms with E-state index in [4.69, 9.17) is 4.74 Å². The molecule has 0 bridgehead atoms. The zero-order valence-electron chi connectivity index (χ0n) is 11.1. The van der Waals surface area contributed by atoms with Gasteiger partial charge in [-0.3, -0.25) is 4.98 Å². The third-order valence-corrected chi connectivity index (χ3v) is 3.75. The lowest BCUT2D eigenvalue weighted by atomic mass is 10.1. The van der Waals surface area contributed by atoms with Crippen LogP contribution in [0, 0.1) is 0 Å². The van der Waals surface area contributed by atoms with Crippen LogP contribution in [0.4, 0.5) is 0 Å². The van der Waals surface area contributed by atoms with Gasteiger partial charge >= 0.3 is 0 Å². The van der Waals surface area contributed by atoms with E-state index >= 15 is 0 Å². The minimum Gasteiger partial charge on any atom is -0.381 e. The number of rotatable bonds is 3. The fourth-order valence-corrected chi connectivity index (χ4v) is 2.67. The molecule has 1 aromatic carbocycles. The molecular formula is C16H20N2O. The molecule has 100 valence electrons. The molecule has 1 unspecified atom stereocenters. The summed E-state index contributed by atoms with van der Waals surface area (Å²) in [5.74, 6) is 0. The van der Waals surface area contributed by atoms with Crippen LogP contribution in [0.2, 0.25) is 0 Å². The van der Waals surface area contributed by atoms with Crippen LogP contribution >= 0.6 is 0 Å². The Morgan fingerprint density at radius 1 is 1.16 bits per heavy atom. The van der Waals surface area contributed by atoms with Gasteiger partial charge in [-0.15, -0.1) is 0 Å². The molecular weight excluding hydrogens is 236 g/mol. The zero-order valence-corrected chi connectivity index (χ0v) is 11.1. The summed E-state index contributed by atoms with van der Waals surface area (Å²) < 4.78 is 5.49. The zero-order chi connectivity index (χ0) is 12.9. The maximum Gasteiger partial charge on any atom is 0.0746 e. The molecule has 0 aliphatic carbocycles. The first-order valence-corrected chi connectivity index (χ1v) is 7.07. The molecule has 19 heavy (non-hydrogen) atoms. The number of nitrogens with zero attached hydrogens (tertiary/aromatic N) is 1. The summed E-state index contributed by atoms with van der Waals surface area (Å²) in [5, 5.41) is 4.86. The summed E-state index contributed by atoms with van der Waals surface area (Å²) >= 11 is 0. The number of para-hydroxylation sites is 1. The Bertz CT molecular complexity index is 528. The molecule has 3 nitrogen and oxygen atoms in total. The van der Waals surface area contributed by atoms with Crippen LogP contribution in [-0.2, 0) is 11.3 Å². The molecule has 1 fully saturated rings. The van der Waals surface area contributed by atoms with Crippen LogP contribution in [0.25, 0.3) is 10.9 Å². The van der Waals surface area contributed by atoms with Gasteiger partial charge in [0.2, 0.25) is 0 Å². The van der Waals surface area contributed by atoms with Crippen molar-refractivity contribution in [2.45, 2.75) is 31.8 Å². The molecule has 1 saturated heterocycles. The fraction of sp³-hybridized carbons (Fsp3) is 0.438. The first-order chi connectivity index (χ1) is 9.43. The van der Waals surface area contributed by atoms with Gasteiger partial charge in [0.1, 0.15) is 0 Å². The Morgan fingerprint density at radius 3 is 3.11 bits per heavy atom. The van der Waals surface area contributed by atoms with Crippen molar-refractivity contribution in [2.75, 3.05) is 13.2 Å². The molecule has 0 amide bonds. The maximum atomic E-state index is 5.49. The second-order valence-corrected chi connectivity index (χ2v) is 5.11. The molecule has 1 atom stereocenters. The third kappa shape index (κ3) is 3.11. The first kappa shape index (κ1) is 12.6. The van der Waals surface area contributed by atoms with E-state index in [1.807, 2.05) is 12.3 Å². The number of fused-ring (bicyclic) bond motifs is 1. The van der Waals surface area contributed by atoms with Gasteiger partial charge in [-0.1, -0.05) is 24.3 Å². The number of nitrogens with one attached hydrogen (secondary N) is 1. The number of aromatic nitrogens is 1. The van der Waals surface area contributed by atoms with Crippen LogP contribution in [0.15, 0.2) is 36.5 Å². The molecule has 1 aliphatic heterocycles. The topological polar surface area (TPSA) is 34.2 Å². The van der Waals surface area contributed by atoms with Crippen LogP contribution in [0.1, 0.15) is 24.8 Å². The Kier molecular flexibility index (Phi) is 4.06. The Labute approximate surface area is 114 Å². The van der Waals surface area contributed by atoms with Gasteiger partial charge in [0, 0.05) is 37.4 Å². The van der Waals surface area contributed by atoms with Crippen molar-refractivity contribution in [3.8, 4) is 0 Å². The lowest BCUT2D eigenvalue weighted by molar-refractivity contribution is 0.142. The van der Waals surface area contributed by atoms with Gasteiger partial charge in [-0.25, -0.2) is 0 Å². The van der Waals surface area contributed by atoms with E-state index in [1.165, 1.54) is 17.4 Å². The molecule has 1 N–H and O–H groups in total. The Balaban J connectivity index is 1.71. The van der Waals surface area contributed by atoms with Gasteiger partial charge in [0.15, 0.2) is 0 Å². The predicted molar refractivity (Wildman–Crippen MR) is 77.0 cm³/mol. The highest BCUT2D eigenvalue weighted by Crippen LogP contribution is 2.16. The van der Waals surface area contributed by atoms with E-state index < -0.39 is 0 Å². The summed E-state index contributed by atoms with van der Waals surface area (Å²) in [4.78, 5) is 4.50.